The van der Waals surface area contributed by atoms with E-state index >= 15 is 0 Å². The smallest absolute Gasteiger partial charge is 0.275 e. The number of rotatable bonds is 7. The van der Waals surface area contributed by atoms with Crippen molar-refractivity contribution in [3.8, 4) is 11.5 Å². The molecule has 164 valence electrons. The van der Waals surface area contributed by atoms with Crippen molar-refractivity contribution in [3.63, 3.8) is 0 Å². The summed E-state index contributed by atoms with van der Waals surface area (Å²) >= 11 is 14.5. The number of carbonyl (C=O) groups excluding carboxylic acids is 1. The van der Waals surface area contributed by atoms with Gasteiger partial charge in [-0.15, -0.1) is 33.3 Å². The molecule has 2 aromatic heterocycles. The molecule has 0 aliphatic heterocycles. The summed E-state index contributed by atoms with van der Waals surface area (Å²) in [7, 11) is -4.27. The molecule has 4 aromatic rings. The maximum atomic E-state index is 13.2. The highest BCUT2D eigenvalue weighted by atomic mass is 35.5. The van der Waals surface area contributed by atoms with Crippen molar-refractivity contribution in [2.75, 3.05) is 0 Å². The van der Waals surface area contributed by atoms with Gasteiger partial charge in [-0.3, -0.25) is 4.79 Å². The van der Waals surface area contributed by atoms with Gasteiger partial charge in [-0.25, -0.2) is 13.1 Å². The number of hydrogen-bond acceptors (Lipinski definition) is 8. The number of amides is 1. The summed E-state index contributed by atoms with van der Waals surface area (Å²) in [6.45, 7) is 0. The normalized spacial score (nSPS) is 11.4. The highest BCUT2D eigenvalue weighted by Gasteiger charge is 2.26. The summed E-state index contributed by atoms with van der Waals surface area (Å²) in [5.74, 6) is -0.230. The number of nitrogens with zero attached hydrogens (tertiary/aromatic N) is 2. The summed E-state index contributed by atoms with van der Waals surface area (Å²) in [5, 5.41) is 7.65. The first-order valence-electron chi connectivity index (χ1n) is 8.93. The Morgan fingerprint density at radius 1 is 1.12 bits per heavy atom. The molecular formula is C20H13Cl2N3O4S3. The topological polar surface area (TPSA) is 102 Å². The van der Waals surface area contributed by atoms with Crippen LogP contribution >= 0.6 is 46.3 Å². The molecule has 0 fully saturated rings. The van der Waals surface area contributed by atoms with Crippen molar-refractivity contribution in [1.82, 2.24) is 14.9 Å². The van der Waals surface area contributed by atoms with Gasteiger partial charge >= 0.3 is 0 Å². The van der Waals surface area contributed by atoms with Crippen LogP contribution in [-0.2, 0) is 15.8 Å². The van der Waals surface area contributed by atoms with Gasteiger partial charge in [0.15, 0.2) is 0 Å². The van der Waals surface area contributed by atoms with Crippen molar-refractivity contribution in [2.45, 2.75) is 15.5 Å². The van der Waals surface area contributed by atoms with Crippen molar-refractivity contribution < 1.29 is 17.6 Å². The fourth-order valence-electron chi connectivity index (χ4n) is 2.71. The predicted molar refractivity (Wildman–Crippen MR) is 125 cm³/mol. The first kappa shape index (κ1) is 22.8. The standard InChI is InChI=1S/C20H13Cl2N3O4S3/c21-14-9-16(30-10-12-4-2-1-3-5-12)17(8-13(14)20-24-23-11-29-20)32(27,28)25-19(26)15-6-7-18(22)31-15/h1-9,11H,10H2,(H,25,26). The van der Waals surface area contributed by atoms with Gasteiger partial charge in [-0.05, 0) is 29.8 Å². The van der Waals surface area contributed by atoms with Crippen LogP contribution in [0.5, 0.6) is 0 Å². The van der Waals surface area contributed by atoms with Gasteiger partial charge in [0.1, 0.15) is 4.90 Å². The first-order valence-corrected chi connectivity index (χ1v) is 13.0. The Bertz CT molecular complexity index is 1360. The van der Waals surface area contributed by atoms with Crippen molar-refractivity contribution in [3.05, 3.63) is 80.8 Å². The van der Waals surface area contributed by atoms with E-state index in [-0.39, 0.29) is 26.2 Å². The van der Waals surface area contributed by atoms with Crippen LogP contribution in [0, 0.1) is 0 Å². The Morgan fingerprint density at radius 2 is 1.91 bits per heavy atom. The number of aromatic nitrogens is 2. The van der Waals surface area contributed by atoms with Gasteiger partial charge in [0.2, 0.25) is 12.3 Å². The predicted octanol–water partition coefficient (Wildman–Crippen LogP) is 5.52. The lowest BCUT2D eigenvalue weighted by atomic mass is 10.2. The lowest BCUT2D eigenvalue weighted by Crippen LogP contribution is -2.30. The highest BCUT2D eigenvalue weighted by molar-refractivity contribution is 7.99. The van der Waals surface area contributed by atoms with Crippen molar-refractivity contribution in [2.24, 2.45) is 0 Å². The fourth-order valence-corrected chi connectivity index (χ4v) is 6.51. The van der Waals surface area contributed by atoms with E-state index < -0.39 is 15.9 Å². The molecule has 7 nitrogen and oxygen atoms in total. The molecule has 1 amide bonds. The van der Waals surface area contributed by atoms with Crippen LogP contribution < -0.4 is 4.72 Å². The van der Waals surface area contributed by atoms with Gasteiger partial charge < -0.3 is 4.42 Å². The number of sulfonamides is 1. The van der Waals surface area contributed by atoms with E-state index in [4.69, 9.17) is 27.6 Å². The van der Waals surface area contributed by atoms with E-state index in [1.54, 1.807) is 0 Å². The Morgan fingerprint density at radius 3 is 2.56 bits per heavy atom. The number of nitrogens with one attached hydrogen (secondary N) is 1. The number of halogens is 2. The summed E-state index contributed by atoms with van der Waals surface area (Å²) < 4.78 is 34.1. The number of thioether (sulfide) groups is 1. The van der Waals surface area contributed by atoms with E-state index in [9.17, 15) is 13.2 Å². The van der Waals surface area contributed by atoms with Crippen LogP contribution in [0.3, 0.4) is 0 Å². The third-order valence-corrected chi connectivity index (χ3v) is 8.34. The van der Waals surface area contributed by atoms with E-state index in [0.717, 1.165) is 23.3 Å². The number of carbonyl (C=O) groups is 1. The Balaban J connectivity index is 1.72. The monoisotopic (exact) mass is 525 g/mol. The molecule has 32 heavy (non-hydrogen) atoms. The summed E-state index contributed by atoms with van der Waals surface area (Å²) in [6.07, 6.45) is 1.11. The van der Waals surface area contributed by atoms with Gasteiger partial charge in [0.25, 0.3) is 15.9 Å². The minimum absolute atomic E-state index is 0.0578. The lowest BCUT2D eigenvalue weighted by Gasteiger charge is -2.13. The maximum absolute atomic E-state index is 13.2. The molecule has 0 bridgehead atoms. The number of benzene rings is 2. The number of hydrogen-bond donors (Lipinski definition) is 1. The highest BCUT2D eigenvalue weighted by Crippen LogP contribution is 2.37. The minimum atomic E-state index is -4.27. The summed E-state index contributed by atoms with van der Waals surface area (Å²) in [6, 6.07) is 15.3. The van der Waals surface area contributed by atoms with Crippen LogP contribution in [0.25, 0.3) is 11.5 Å². The Kier molecular flexibility index (Phi) is 6.87. The third-order valence-electron chi connectivity index (χ3n) is 4.17. The molecule has 2 heterocycles. The van der Waals surface area contributed by atoms with Gasteiger partial charge in [-0.2, -0.15) is 0 Å². The van der Waals surface area contributed by atoms with E-state index in [2.05, 4.69) is 14.9 Å². The van der Waals surface area contributed by atoms with Crippen molar-refractivity contribution >= 4 is 62.2 Å². The average Bonchev–Trinajstić information content (AvgIpc) is 3.44. The minimum Gasteiger partial charge on any atom is -0.423 e. The van der Waals surface area contributed by atoms with Crippen LogP contribution in [-0.4, -0.2) is 24.5 Å². The van der Waals surface area contributed by atoms with Crippen LogP contribution in [0.1, 0.15) is 15.2 Å². The summed E-state index contributed by atoms with van der Waals surface area (Å²) in [5.41, 5.74) is 1.23. The second kappa shape index (κ2) is 9.63. The molecule has 0 radical (unpaired) electrons. The zero-order chi connectivity index (χ0) is 22.7. The molecule has 0 aliphatic carbocycles. The van der Waals surface area contributed by atoms with E-state index in [1.807, 2.05) is 30.3 Å². The maximum Gasteiger partial charge on any atom is 0.275 e. The Hall–Kier alpha value is -2.37. The van der Waals surface area contributed by atoms with E-state index in [0.29, 0.717) is 15.0 Å². The molecule has 1 N–H and O–H groups in total. The molecule has 0 atom stereocenters. The molecule has 2 aromatic carbocycles. The zero-order valence-corrected chi connectivity index (χ0v) is 20.0. The second-order valence-electron chi connectivity index (χ2n) is 6.34. The second-order valence-corrected chi connectivity index (χ2v) is 11.1. The third kappa shape index (κ3) is 5.16. The van der Waals surface area contributed by atoms with Gasteiger partial charge in [0.05, 0.1) is 19.8 Å². The average molecular weight is 526 g/mol. The summed E-state index contributed by atoms with van der Waals surface area (Å²) in [4.78, 5) is 12.9. The Labute approximate surface area is 201 Å². The molecule has 0 spiro atoms. The van der Waals surface area contributed by atoms with E-state index in [1.165, 1.54) is 36.0 Å². The number of thiophene rings is 1. The van der Waals surface area contributed by atoms with Crippen LogP contribution in [0.15, 0.2) is 75.2 Å². The SMILES string of the molecule is O=C(NS(=O)(=O)c1cc(-c2nnco2)c(Cl)cc1SCc1ccccc1)c1ccc(Cl)s1. The molecule has 4 rings (SSSR count). The van der Waals surface area contributed by atoms with Crippen molar-refractivity contribution in [1.29, 1.82) is 0 Å². The molecular weight excluding hydrogens is 513 g/mol. The van der Waals surface area contributed by atoms with Gasteiger partial charge in [-0.1, -0.05) is 53.5 Å². The largest absolute Gasteiger partial charge is 0.423 e. The van der Waals surface area contributed by atoms with Gasteiger partial charge in [0, 0.05) is 10.6 Å². The zero-order valence-electron chi connectivity index (χ0n) is 16.0. The molecule has 0 unspecified atom stereocenters. The first-order chi connectivity index (χ1) is 15.3. The fraction of sp³-hybridized carbons (Fsp3) is 0.0500. The molecule has 0 saturated carbocycles. The molecule has 0 aliphatic rings. The quantitative estimate of drug-likeness (QED) is 0.317. The van der Waals surface area contributed by atoms with Crippen LogP contribution in [0.4, 0.5) is 0 Å². The molecule has 0 saturated heterocycles. The van der Waals surface area contributed by atoms with Crippen LogP contribution in [0.2, 0.25) is 9.36 Å². The lowest BCUT2D eigenvalue weighted by molar-refractivity contribution is 0.0985. The molecule has 12 heteroatoms.